The van der Waals surface area contributed by atoms with Gasteiger partial charge >= 0.3 is 0 Å². The minimum Gasteiger partial charge on any atom is -0.240 e. The lowest BCUT2D eigenvalue weighted by Crippen LogP contribution is -2.31. The molecule has 1 nitrogen and oxygen atoms in total. The summed E-state index contributed by atoms with van der Waals surface area (Å²) in [5.41, 5.74) is 6.42. The van der Waals surface area contributed by atoms with Crippen LogP contribution in [-0.2, 0) is 17.8 Å². The minimum atomic E-state index is -0.395. The highest BCUT2D eigenvalue weighted by atomic mass is 32.2. The predicted molar refractivity (Wildman–Crippen MR) is 149 cm³/mol. The van der Waals surface area contributed by atoms with Gasteiger partial charge in [0.2, 0.25) is 0 Å². The zero-order valence-electron chi connectivity index (χ0n) is 19.7. The molecule has 0 N–H and O–H groups in total. The van der Waals surface area contributed by atoms with Gasteiger partial charge in [0, 0.05) is 13.1 Å². The van der Waals surface area contributed by atoms with Crippen molar-refractivity contribution in [1.82, 2.24) is 4.31 Å². The maximum atomic E-state index is 2.51. The van der Waals surface area contributed by atoms with Crippen LogP contribution in [0.15, 0.2) is 152 Å². The van der Waals surface area contributed by atoms with Crippen molar-refractivity contribution in [2.24, 2.45) is 0 Å². The van der Waals surface area contributed by atoms with Gasteiger partial charge in [-0.3, -0.25) is 0 Å². The van der Waals surface area contributed by atoms with Gasteiger partial charge in [0.25, 0.3) is 0 Å². The van der Waals surface area contributed by atoms with Gasteiger partial charge < -0.3 is 0 Å². The van der Waals surface area contributed by atoms with E-state index in [1.54, 1.807) is 0 Å². The molecule has 0 atom stereocenters. The van der Waals surface area contributed by atoms with Gasteiger partial charge in [-0.2, -0.15) is 0 Å². The molecule has 0 saturated carbocycles. The van der Waals surface area contributed by atoms with Gasteiger partial charge in [-0.1, -0.05) is 164 Å². The third kappa shape index (κ3) is 5.40. The van der Waals surface area contributed by atoms with E-state index in [1.165, 1.54) is 27.8 Å². The average molecular weight is 472 g/mol. The van der Waals surface area contributed by atoms with Gasteiger partial charge in [-0.05, 0) is 27.8 Å². The van der Waals surface area contributed by atoms with Crippen molar-refractivity contribution in [3.05, 3.63) is 179 Å². The zero-order valence-corrected chi connectivity index (χ0v) is 20.5. The Morgan fingerprint density at radius 2 is 0.686 bits per heavy atom. The van der Waals surface area contributed by atoms with Gasteiger partial charge in [0.15, 0.2) is 0 Å². The van der Waals surface area contributed by atoms with Crippen LogP contribution in [0.3, 0.4) is 0 Å². The summed E-state index contributed by atoms with van der Waals surface area (Å²) >= 11 is 1.92. The van der Waals surface area contributed by atoms with E-state index in [0.29, 0.717) is 0 Å². The fraction of sp³-hybridized carbons (Fsp3) is 0.0909. The summed E-state index contributed by atoms with van der Waals surface area (Å²) in [7, 11) is 0. The minimum absolute atomic E-state index is 0.395. The summed E-state index contributed by atoms with van der Waals surface area (Å²) < 4.78 is 2.12. The third-order valence-electron chi connectivity index (χ3n) is 6.21. The second-order valence-corrected chi connectivity index (χ2v) is 9.95. The fourth-order valence-corrected chi connectivity index (χ4v) is 6.10. The van der Waals surface area contributed by atoms with E-state index < -0.39 is 4.75 Å². The van der Waals surface area contributed by atoms with E-state index in [2.05, 4.69) is 156 Å². The topological polar surface area (TPSA) is 3.24 Å². The van der Waals surface area contributed by atoms with Gasteiger partial charge in [0.05, 0.1) is 0 Å². The van der Waals surface area contributed by atoms with Crippen molar-refractivity contribution in [2.75, 3.05) is 0 Å². The van der Waals surface area contributed by atoms with Crippen molar-refractivity contribution in [3.8, 4) is 0 Å². The molecule has 0 unspecified atom stereocenters. The summed E-state index contributed by atoms with van der Waals surface area (Å²) in [5.74, 6) is 0. The first-order valence-corrected chi connectivity index (χ1v) is 12.8. The summed E-state index contributed by atoms with van der Waals surface area (Å²) in [4.78, 5) is 0. The van der Waals surface area contributed by atoms with Crippen LogP contribution >= 0.6 is 11.9 Å². The molecular formula is C33H29NS. The quantitative estimate of drug-likeness (QED) is 0.157. The SMILES string of the molecule is c1ccc(CN(Cc2ccccc2)SC(c2ccccc2)(c2ccccc2)c2ccccc2)cc1. The van der Waals surface area contributed by atoms with E-state index in [1.807, 2.05) is 11.9 Å². The van der Waals surface area contributed by atoms with Crippen molar-refractivity contribution in [3.63, 3.8) is 0 Å². The van der Waals surface area contributed by atoms with Gasteiger partial charge in [0.1, 0.15) is 4.75 Å². The first-order chi connectivity index (χ1) is 17.3. The Hall–Kier alpha value is -3.59. The molecule has 0 amide bonds. The molecule has 0 spiro atoms. The van der Waals surface area contributed by atoms with E-state index in [-0.39, 0.29) is 0 Å². The molecule has 0 aliphatic heterocycles. The summed E-state index contributed by atoms with van der Waals surface area (Å²) in [6.07, 6.45) is 0. The van der Waals surface area contributed by atoms with Crippen LogP contribution in [0.25, 0.3) is 0 Å². The van der Waals surface area contributed by atoms with Gasteiger partial charge in [-0.25, -0.2) is 4.31 Å². The number of hydrogen-bond acceptors (Lipinski definition) is 2. The molecule has 0 saturated heterocycles. The Labute approximate surface area is 213 Å². The van der Waals surface area contributed by atoms with Crippen LogP contribution in [0.2, 0.25) is 0 Å². The van der Waals surface area contributed by atoms with E-state index in [4.69, 9.17) is 0 Å². The highest BCUT2D eigenvalue weighted by Gasteiger charge is 2.39. The molecular weight excluding hydrogens is 442 g/mol. The van der Waals surface area contributed by atoms with Crippen LogP contribution < -0.4 is 0 Å². The third-order valence-corrected chi connectivity index (χ3v) is 7.71. The highest BCUT2D eigenvalue weighted by Crippen LogP contribution is 2.50. The molecule has 0 aliphatic carbocycles. The second-order valence-electron chi connectivity index (χ2n) is 8.64. The molecule has 0 heterocycles. The Morgan fingerprint density at radius 1 is 0.400 bits per heavy atom. The Morgan fingerprint density at radius 3 is 1.00 bits per heavy atom. The lowest BCUT2D eigenvalue weighted by atomic mass is 9.84. The molecule has 0 aromatic heterocycles. The maximum absolute atomic E-state index is 2.51. The van der Waals surface area contributed by atoms with Crippen LogP contribution in [0.5, 0.6) is 0 Å². The van der Waals surface area contributed by atoms with Crippen LogP contribution in [0, 0.1) is 0 Å². The van der Waals surface area contributed by atoms with Crippen LogP contribution in [0.1, 0.15) is 27.8 Å². The number of nitrogens with zero attached hydrogens (tertiary/aromatic N) is 1. The van der Waals surface area contributed by atoms with Gasteiger partial charge in [-0.15, -0.1) is 0 Å². The zero-order chi connectivity index (χ0) is 23.8. The Bertz CT molecular complexity index is 1150. The molecule has 5 aromatic rings. The molecule has 5 aromatic carbocycles. The lowest BCUT2D eigenvalue weighted by molar-refractivity contribution is 0.456. The van der Waals surface area contributed by atoms with Crippen molar-refractivity contribution in [1.29, 1.82) is 0 Å². The predicted octanol–water partition coefficient (Wildman–Crippen LogP) is 8.33. The number of benzene rings is 5. The number of rotatable bonds is 9. The van der Waals surface area contributed by atoms with Crippen LogP contribution in [-0.4, -0.2) is 4.31 Å². The number of hydrogen-bond donors (Lipinski definition) is 0. The first-order valence-electron chi connectivity index (χ1n) is 12.0. The molecule has 2 heteroatoms. The van der Waals surface area contributed by atoms with Crippen molar-refractivity contribution >= 4 is 11.9 Å². The van der Waals surface area contributed by atoms with Crippen LogP contribution in [0.4, 0.5) is 0 Å². The lowest BCUT2D eigenvalue weighted by Gasteiger charge is -2.39. The van der Waals surface area contributed by atoms with Crippen molar-refractivity contribution < 1.29 is 0 Å². The molecule has 35 heavy (non-hydrogen) atoms. The largest absolute Gasteiger partial charge is 0.240 e. The van der Waals surface area contributed by atoms with E-state index in [0.717, 1.165) is 13.1 Å². The van der Waals surface area contributed by atoms with E-state index in [9.17, 15) is 0 Å². The second kappa shape index (κ2) is 11.2. The molecule has 0 radical (unpaired) electrons. The fourth-order valence-electron chi connectivity index (χ4n) is 4.56. The van der Waals surface area contributed by atoms with Crippen molar-refractivity contribution in [2.45, 2.75) is 17.8 Å². The van der Waals surface area contributed by atoms with E-state index >= 15 is 0 Å². The molecule has 5 rings (SSSR count). The Balaban J connectivity index is 1.66. The monoisotopic (exact) mass is 471 g/mol. The standard InChI is InChI=1S/C33H29NS/c1-6-16-28(17-7-1)26-34(27-29-18-8-2-9-19-29)35-33(30-20-10-3-11-21-30,31-22-12-4-13-23-31)32-24-14-5-15-25-32/h1-25H,26-27H2. The summed E-state index contributed by atoms with van der Waals surface area (Å²) in [6, 6.07) is 54.3. The smallest absolute Gasteiger partial charge is 0.105 e. The summed E-state index contributed by atoms with van der Waals surface area (Å²) in [6.45, 7) is 1.68. The molecule has 172 valence electrons. The normalized spacial score (nSPS) is 11.5. The highest BCUT2D eigenvalue weighted by molar-refractivity contribution is 7.98. The average Bonchev–Trinajstić information content (AvgIpc) is 2.94. The first kappa shape index (κ1) is 23.2. The molecule has 0 aliphatic rings. The maximum Gasteiger partial charge on any atom is 0.105 e. The Kier molecular flexibility index (Phi) is 7.43. The molecule has 0 fully saturated rings. The molecule has 0 bridgehead atoms. The summed E-state index contributed by atoms with van der Waals surface area (Å²) in [5, 5.41) is 0.